The molecule has 0 saturated carbocycles. The Kier molecular flexibility index (Phi) is 4.67. The summed E-state index contributed by atoms with van der Waals surface area (Å²) in [4.78, 5) is 21.9. The zero-order valence-corrected chi connectivity index (χ0v) is 12.6. The quantitative estimate of drug-likeness (QED) is 0.656. The molecule has 1 atom stereocenters. The standard InChI is InChI=1S/C13H16N2O6S/c1-8-13(18)15-10-7-9(4-5-11(10)21-8)22(19,20)14-6-2-3-12(16)17/h4-5,7-8,14H,2-3,6H2,1H3,(H,15,18)(H,16,17). The second-order valence-corrected chi connectivity index (χ2v) is 6.57. The van der Waals surface area contributed by atoms with Gasteiger partial charge in [0.15, 0.2) is 6.10 Å². The number of carbonyl (C=O) groups is 2. The van der Waals surface area contributed by atoms with Crippen LogP contribution >= 0.6 is 0 Å². The van der Waals surface area contributed by atoms with E-state index in [2.05, 4.69) is 10.0 Å². The Labute approximate surface area is 127 Å². The van der Waals surface area contributed by atoms with E-state index in [-0.39, 0.29) is 35.9 Å². The largest absolute Gasteiger partial charge is 0.481 e. The van der Waals surface area contributed by atoms with Gasteiger partial charge in [0, 0.05) is 13.0 Å². The number of fused-ring (bicyclic) bond motifs is 1. The fraction of sp³-hybridized carbons (Fsp3) is 0.385. The van der Waals surface area contributed by atoms with E-state index in [0.717, 1.165) is 0 Å². The molecule has 0 radical (unpaired) electrons. The van der Waals surface area contributed by atoms with Crippen LogP contribution in [0.4, 0.5) is 5.69 Å². The molecule has 9 heteroatoms. The zero-order valence-electron chi connectivity index (χ0n) is 11.8. The molecular formula is C13H16N2O6S. The highest BCUT2D eigenvalue weighted by Crippen LogP contribution is 2.31. The summed E-state index contributed by atoms with van der Waals surface area (Å²) < 4.78 is 31.8. The molecule has 1 aromatic carbocycles. The van der Waals surface area contributed by atoms with Crippen molar-refractivity contribution in [1.29, 1.82) is 0 Å². The van der Waals surface area contributed by atoms with Crippen molar-refractivity contribution in [3.05, 3.63) is 18.2 Å². The highest BCUT2D eigenvalue weighted by atomic mass is 32.2. The van der Waals surface area contributed by atoms with Gasteiger partial charge in [-0.3, -0.25) is 9.59 Å². The molecule has 3 N–H and O–H groups in total. The number of amides is 1. The smallest absolute Gasteiger partial charge is 0.303 e. The first-order valence-corrected chi connectivity index (χ1v) is 8.11. The van der Waals surface area contributed by atoms with Crippen LogP contribution in [0.15, 0.2) is 23.1 Å². The summed E-state index contributed by atoms with van der Waals surface area (Å²) in [7, 11) is -3.77. The minimum Gasteiger partial charge on any atom is -0.481 e. The number of rotatable bonds is 6. The SMILES string of the molecule is CC1Oc2ccc(S(=O)(=O)NCCCC(=O)O)cc2NC1=O. The van der Waals surface area contributed by atoms with E-state index < -0.39 is 22.1 Å². The zero-order chi connectivity index (χ0) is 16.3. The van der Waals surface area contributed by atoms with Gasteiger partial charge in [0.1, 0.15) is 5.75 Å². The maximum Gasteiger partial charge on any atom is 0.303 e. The van der Waals surface area contributed by atoms with Crippen LogP contribution in [0.5, 0.6) is 5.75 Å². The van der Waals surface area contributed by atoms with Gasteiger partial charge in [-0.05, 0) is 31.5 Å². The topological polar surface area (TPSA) is 122 Å². The number of aliphatic carboxylic acids is 1. The van der Waals surface area contributed by atoms with E-state index >= 15 is 0 Å². The predicted molar refractivity (Wildman–Crippen MR) is 77.2 cm³/mol. The maximum absolute atomic E-state index is 12.1. The van der Waals surface area contributed by atoms with Crippen LogP contribution in [0.2, 0.25) is 0 Å². The molecule has 22 heavy (non-hydrogen) atoms. The van der Waals surface area contributed by atoms with Crippen molar-refractivity contribution in [3.8, 4) is 5.75 Å². The normalized spacial score (nSPS) is 17.3. The van der Waals surface area contributed by atoms with Gasteiger partial charge in [-0.1, -0.05) is 0 Å². The summed E-state index contributed by atoms with van der Waals surface area (Å²) in [6, 6.07) is 4.14. The minimum atomic E-state index is -3.77. The average molecular weight is 328 g/mol. The van der Waals surface area contributed by atoms with E-state index in [1.54, 1.807) is 6.92 Å². The van der Waals surface area contributed by atoms with Gasteiger partial charge in [0.25, 0.3) is 5.91 Å². The van der Waals surface area contributed by atoms with Crippen molar-refractivity contribution in [2.75, 3.05) is 11.9 Å². The second-order valence-electron chi connectivity index (χ2n) is 4.80. The number of benzene rings is 1. The van der Waals surface area contributed by atoms with Gasteiger partial charge < -0.3 is 15.2 Å². The lowest BCUT2D eigenvalue weighted by Gasteiger charge is -2.23. The summed E-state index contributed by atoms with van der Waals surface area (Å²) in [5.74, 6) is -0.935. The molecule has 0 fully saturated rings. The summed E-state index contributed by atoms with van der Waals surface area (Å²) >= 11 is 0. The van der Waals surface area contributed by atoms with E-state index in [4.69, 9.17) is 9.84 Å². The minimum absolute atomic E-state index is 0.0195. The first-order chi connectivity index (χ1) is 10.3. The lowest BCUT2D eigenvalue weighted by Crippen LogP contribution is -2.34. The van der Waals surface area contributed by atoms with Crippen LogP contribution in [0.1, 0.15) is 19.8 Å². The predicted octanol–water partition coefficient (Wildman–Crippen LogP) is 0.549. The number of carbonyl (C=O) groups excluding carboxylic acids is 1. The molecule has 1 unspecified atom stereocenters. The van der Waals surface area contributed by atoms with Crippen LogP contribution in [-0.4, -0.2) is 38.0 Å². The lowest BCUT2D eigenvalue weighted by molar-refractivity contribution is -0.137. The Hall–Kier alpha value is -2.13. The molecule has 2 rings (SSSR count). The van der Waals surface area contributed by atoms with Gasteiger partial charge in [-0.2, -0.15) is 0 Å². The molecule has 1 aliphatic rings. The Morgan fingerprint density at radius 2 is 2.18 bits per heavy atom. The first-order valence-electron chi connectivity index (χ1n) is 6.62. The fourth-order valence-corrected chi connectivity index (χ4v) is 2.98. The summed E-state index contributed by atoms with van der Waals surface area (Å²) in [5.41, 5.74) is 0.288. The molecule has 0 bridgehead atoms. The molecule has 1 heterocycles. The third-order valence-corrected chi connectivity index (χ3v) is 4.51. The molecule has 1 amide bonds. The van der Waals surface area contributed by atoms with Crippen molar-refractivity contribution < 1.29 is 27.9 Å². The number of carboxylic acid groups (broad SMARTS) is 1. The third-order valence-electron chi connectivity index (χ3n) is 3.05. The molecule has 0 saturated heterocycles. The van der Waals surface area contributed by atoms with Gasteiger partial charge in [0.05, 0.1) is 10.6 Å². The van der Waals surface area contributed by atoms with Gasteiger partial charge in [0.2, 0.25) is 10.0 Å². The molecule has 1 aromatic rings. The van der Waals surface area contributed by atoms with E-state index in [9.17, 15) is 18.0 Å². The Morgan fingerprint density at radius 3 is 2.86 bits per heavy atom. The number of sulfonamides is 1. The summed E-state index contributed by atoms with van der Waals surface area (Å²) in [6.07, 6.45) is -0.560. The summed E-state index contributed by atoms with van der Waals surface area (Å²) in [5, 5.41) is 11.1. The number of ether oxygens (including phenoxy) is 1. The van der Waals surface area contributed by atoms with Crippen molar-refractivity contribution in [2.24, 2.45) is 0 Å². The molecule has 1 aliphatic heterocycles. The van der Waals surface area contributed by atoms with E-state index in [1.165, 1.54) is 18.2 Å². The van der Waals surface area contributed by atoms with E-state index in [0.29, 0.717) is 5.75 Å². The van der Waals surface area contributed by atoms with Crippen LogP contribution in [0, 0.1) is 0 Å². The monoisotopic (exact) mass is 328 g/mol. The third kappa shape index (κ3) is 3.74. The van der Waals surface area contributed by atoms with Crippen LogP contribution in [0.3, 0.4) is 0 Å². The number of anilines is 1. The lowest BCUT2D eigenvalue weighted by atomic mass is 10.2. The van der Waals surface area contributed by atoms with Crippen LogP contribution in [0.25, 0.3) is 0 Å². The van der Waals surface area contributed by atoms with E-state index in [1.807, 2.05) is 0 Å². The fourth-order valence-electron chi connectivity index (χ4n) is 1.88. The molecule has 0 aromatic heterocycles. The van der Waals surface area contributed by atoms with Crippen molar-refractivity contribution >= 4 is 27.6 Å². The molecule has 0 aliphatic carbocycles. The average Bonchev–Trinajstić information content (AvgIpc) is 2.44. The Bertz CT molecular complexity index is 700. The van der Waals surface area contributed by atoms with Gasteiger partial charge in [-0.25, -0.2) is 13.1 Å². The van der Waals surface area contributed by atoms with Crippen LogP contribution in [-0.2, 0) is 19.6 Å². The number of carboxylic acids is 1. The van der Waals surface area contributed by atoms with Gasteiger partial charge in [-0.15, -0.1) is 0 Å². The summed E-state index contributed by atoms with van der Waals surface area (Å²) in [6.45, 7) is 1.61. The second kappa shape index (κ2) is 6.32. The maximum atomic E-state index is 12.1. The van der Waals surface area contributed by atoms with Crippen molar-refractivity contribution in [1.82, 2.24) is 4.72 Å². The highest BCUT2D eigenvalue weighted by molar-refractivity contribution is 7.89. The van der Waals surface area contributed by atoms with Gasteiger partial charge >= 0.3 is 5.97 Å². The number of hydrogen-bond donors (Lipinski definition) is 3. The molecule has 0 spiro atoms. The number of hydrogen-bond acceptors (Lipinski definition) is 5. The number of nitrogens with one attached hydrogen (secondary N) is 2. The van der Waals surface area contributed by atoms with Crippen molar-refractivity contribution in [2.45, 2.75) is 30.8 Å². The molecular weight excluding hydrogens is 312 g/mol. The Balaban J connectivity index is 2.10. The molecule has 120 valence electrons. The van der Waals surface area contributed by atoms with Crippen molar-refractivity contribution in [3.63, 3.8) is 0 Å². The highest BCUT2D eigenvalue weighted by Gasteiger charge is 2.25. The first kappa shape index (κ1) is 16.2. The Morgan fingerprint density at radius 1 is 1.45 bits per heavy atom. The van der Waals surface area contributed by atoms with Crippen LogP contribution < -0.4 is 14.8 Å². The molecule has 8 nitrogen and oxygen atoms in total.